The largest absolute Gasteiger partial charge is 0.466 e. The molecule has 0 fully saturated rings. The van der Waals surface area contributed by atoms with Crippen LogP contribution in [0.3, 0.4) is 0 Å². The number of hydrogen-bond donors (Lipinski definition) is 0. The highest BCUT2D eigenvalue weighted by Crippen LogP contribution is 2.18. The average Bonchev–Trinajstić information content (AvgIpc) is 2.80. The lowest BCUT2D eigenvalue weighted by molar-refractivity contribution is -0.149. The van der Waals surface area contributed by atoms with Gasteiger partial charge in [0.2, 0.25) is 0 Å². The van der Waals surface area contributed by atoms with Gasteiger partial charge >= 0.3 is 11.9 Å². The van der Waals surface area contributed by atoms with Gasteiger partial charge in [-0.15, -0.1) is 0 Å². The van der Waals surface area contributed by atoms with Gasteiger partial charge in [0.15, 0.2) is 0 Å². The monoisotopic (exact) mass is 496 g/mol. The molecule has 0 rings (SSSR count). The van der Waals surface area contributed by atoms with Crippen molar-refractivity contribution in [1.82, 2.24) is 0 Å². The van der Waals surface area contributed by atoms with E-state index in [9.17, 15) is 9.59 Å². The summed E-state index contributed by atoms with van der Waals surface area (Å²) in [6.45, 7) is 11.9. The van der Waals surface area contributed by atoms with Crippen LogP contribution in [-0.4, -0.2) is 25.2 Å². The summed E-state index contributed by atoms with van der Waals surface area (Å²) in [5, 5.41) is 0. The number of esters is 2. The first kappa shape index (κ1) is 33.9. The van der Waals surface area contributed by atoms with Crippen LogP contribution in [0.15, 0.2) is 0 Å². The van der Waals surface area contributed by atoms with Gasteiger partial charge in [-0.2, -0.15) is 0 Å². The summed E-state index contributed by atoms with van der Waals surface area (Å²) in [7, 11) is 0. The van der Waals surface area contributed by atoms with Crippen molar-refractivity contribution in [1.29, 1.82) is 0 Å². The van der Waals surface area contributed by atoms with Crippen LogP contribution >= 0.6 is 0 Å². The highest BCUT2D eigenvalue weighted by Gasteiger charge is 2.17. The lowest BCUT2D eigenvalue weighted by Gasteiger charge is -2.14. The highest BCUT2D eigenvalue weighted by atomic mass is 16.5. The quantitative estimate of drug-likeness (QED) is 0.0932. The van der Waals surface area contributed by atoms with E-state index in [1.165, 1.54) is 70.6 Å². The van der Waals surface area contributed by atoms with Crippen molar-refractivity contribution in [2.45, 2.75) is 157 Å². The normalized spacial score (nSPS) is 12.3. The van der Waals surface area contributed by atoms with Gasteiger partial charge in [0.05, 0.1) is 19.1 Å². The van der Waals surface area contributed by atoms with E-state index in [1.54, 1.807) is 0 Å². The third-order valence-corrected chi connectivity index (χ3v) is 6.91. The first-order valence-electron chi connectivity index (χ1n) is 15.2. The molecular formula is C31H60O4. The Kier molecular flexibility index (Phi) is 23.9. The van der Waals surface area contributed by atoms with E-state index in [0.29, 0.717) is 31.5 Å². The maximum Gasteiger partial charge on any atom is 0.308 e. The van der Waals surface area contributed by atoms with Crippen LogP contribution < -0.4 is 0 Å². The van der Waals surface area contributed by atoms with Crippen molar-refractivity contribution in [2.75, 3.05) is 13.2 Å². The summed E-state index contributed by atoms with van der Waals surface area (Å²) in [4.78, 5) is 23.8. The smallest absolute Gasteiger partial charge is 0.308 e. The lowest BCUT2D eigenvalue weighted by atomic mass is 9.97. The maximum absolute atomic E-state index is 12.2. The zero-order valence-corrected chi connectivity index (χ0v) is 24.2. The molecule has 0 aromatic rings. The van der Waals surface area contributed by atoms with Crippen molar-refractivity contribution in [3.63, 3.8) is 0 Å². The molecule has 208 valence electrons. The van der Waals surface area contributed by atoms with Gasteiger partial charge in [-0.25, -0.2) is 0 Å². The average molecular weight is 497 g/mol. The molecule has 0 radical (unpaired) electrons. The molecule has 1 unspecified atom stereocenters. The molecule has 4 heteroatoms. The van der Waals surface area contributed by atoms with E-state index < -0.39 is 0 Å². The topological polar surface area (TPSA) is 52.6 Å². The van der Waals surface area contributed by atoms with Gasteiger partial charge in [-0.05, 0) is 43.9 Å². The van der Waals surface area contributed by atoms with Crippen LogP contribution in [0, 0.1) is 17.8 Å². The Morgan fingerprint density at radius 1 is 0.543 bits per heavy atom. The van der Waals surface area contributed by atoms with Gasteiger partial charge in [0.1, 0.15) is 0 Å². The molecule has 0 amide bonds. The Balaban J connectivity index is 3.36. The lowest BCUT2D eigenvalue weighted by Crippen LogP contribution is -2.18. The predicted octanol–water partition coefficient (Wildman–Crippen LogP) is 9.43. The molecule has 0 aromatic heterocycles. The first-order chi connectivity index (χ1) is 16.9. The molecule has 1 atom stereocenters. The van der Waals surface area contributed by atoms with E-state index in [-0.39, 0.29) is 17.9 Å². The van der Waals surface area contributed by atoms with Crippen LogP contribution in [0.2, 0.25) is 0 Å². The van der Waals surface area contributed by atoms with Crippen LogP contribution in [0.25, 0.3) is 0 Å². The number of carbonyl (C=O) groups excluding carboxylic acids is 2. The zero-order valence-electron chi connectivity index (χ0n) is 24.2. The van der Waals surface area contributed by atoms with Crippen molar-refractivity contribution in [3.8, 4) is 0 Å². The second kappa shape index (κ2) is 24.6. The molecular weight excluding hydrogens is 436 g/mol. The Bertz CT molecular complexity index is 486. The molecule has 35 heavy (non-hydrogen) atoms. The summed E-state index contributed by atoms with van der Waals surface area (Å²) in [5.74, 6) is 1.27. The Hall–Kier alpha value is -1.06. The fourth-order valence-electron chi connectivity index (χ4n) is 4.26. The number of hydrogen-bond acceptors (Lipinski definition) is 4. The van der Waals surface area contributed by atoms with Gasteiger partial charge in [-0.1, -0.05) is 118 Å². The van der Waals surface area contributed by atoms with E-state index >= 15 is 0 Å². The summed E-state index contributed by atoms with van der Waals surface area (Å²) in [6.07, 6.45) is 22.2. The van der Waals surface area contributed by atoms with E-state index in [0.717, 1.165) is 44.9 Å². The van der Waals surface area contributed by atoms with Gasteiger partial charge < -0.3 is 9.47 Å². The second-order valence-electron chi connectivity index (χ2n) is 11.3. The van der Waals surface area contributed by atoms with Crippen LogP contribution in [0.5, 0.6) is 0 Å². The molecule has 0 saturated carbocycles. The Morgan fingerprint density at radius 2 is 0.943 bits per heavy atom. The molecule has 0 bridgehead atoms. The van der Waals surface area contributed by atoms with E-state index in [1.807, 2.05) is 0 Å². The summed E-state index contributed by atoms with van der Waals surface area (Å²) in [6, 6.07) is 0. The Labute approximate surface area is 218 Å². The SMILES string of the molecule is CCC(CCCCCCCCCCCCCCCCC(=O)OCCC(C)C)C(=O)OCCC(C)C. The van der Waals surface area contributed by atoms with Crippen LogP contribution in [0.1, 0.15) is 157 Å². The zero-order chi connectivity index (χ0) is 26.2. The molecule has 0 aliphatic rings. The van der Waals surface area contributed by atoms with Crippen LogP contribution in [0.4, 0.5) is 0 Å². The third-order valence-electron chi connectivity index (χ3n) is 6.91. The van der Waals surface area contributed by atoms with Gasteiger partial charge in [0.25, 0.3) is 0 Å². The minimum absolute atomic E-state index is 0.0189. The molecule has 0 aromatic carbocycles. The summed E-state index contributed by atoms with van der Waals surface area (Å²) >= 11 is 0. The fourth-order valence-corrected chi connectivity index (χ4v) is 4.26. The van der Waals surface area contributed by atoms with E-state index in [4.69, 9.17) is 9.47 Å². The number of rotatable bonds is 25. The summed E-state index contributed by atoms with van der Waals surface area (Å²) < 4.78 is 10.7. The molecule has 0 heterocycles. The third kappa shape index (κ3) is 24.4. The minimum Gasteiger partial charge on any atom is -0.466 e. The number of unbranched alkanes of at least 4 members (excludes halogenated alkanes) is 13. The van der Waals surface area contributed by atoms with Crippen LogP contribution in [-0.2, 0) is 19.1 Å². The van der Waals surface area contributed by atoms with Crippen molar-refractivity contribution < 1.29 is 19.1 Å². The number of carbonyl (C=O) groups is 2. The predicted molar refractivity (Wildman–Crippen MR) is 148 cm³/mol. The summed E-state index contributed by atoms with van der Waals surface area (Å²) in [5.41, 5.74) is 0. The minimum atomic E-state index is -0.0203. The van der Waals surface area contributed by atoms with Gasteiger partial charge in [0, 0.05) is 6.42 Å². The molecule has 4 nitrogen and oxygen atoms in total. The number of ether oxygens (including phenoxy) is 2. The molecule has 0 aliphatic heterocycles. The van der Waals surface area contributed by atoms with Crippen molar-refractivity contribution >= 4 is 11.9 Å². The Morgan fingerprint density at radius 3 is 1.37 bits per heavy atom. The van der Waals surface area contributed by atoms with E-state index in [2.05, 4.69) is 34.6 Å². The fraction of sp³-hybridized carbons (Fsp3) is 0.935. The maximum atomic E-state index is 12.2. The first-order valence-corrected chi connectivity index (χ1v) is 15.2. The highest BCUT2D eigenvalue weighted by molar-refractivity contribution is 5.72. The van der Waals surface area contributed by atoms with Crippen molar-refractivity contribution in [3.05, 3.63) is 0 Å². The second-order valence-corrected chi connectivity index (χ2v) is 11.3. The molecule has 0 saturated heterocycles. The molecule has 0 aliphatic carbocycles. The van der Waals surface area contributed by atoms with Crippen molar-refractivity contribution in [2.24, 2.45) is 17.8 Å². The van der Waals surface area contributed by atoms with Gasteiger partial charge in [-0.3, -0.25) is 9.59 Å². The molecule has 0 spiro atoms. The molecule has 0 N–H and O–H groups in total. The standard InChI is InChI=1S/C31H60O4/c1-6-29(31(33)35-26-24-28(4)5)21-19-17-15-13-11-9-7-8-10-12-14-16-18-20-22-30(32)34-25-23-27(2)3/h27-29H,6-26H2,1-5H3.